The molecule has 0 aliphatic carbocycles. The molecule has 7 nitrogen and oxygen atoms in total. The van der Waals surface area contributed by atoms with Crippen molar-refractivity contribution in [3.8, 4) is 5.75 Å². The van der Waals surface area contributed by atoms with Crippen molar-refractivity contribution >= 4 is 17.7 Å². The highest BCUT2D eigenvalue weighted by Gasteiger charge is 2.19. The maximum absolute atomic E-state index is 11.9. The van der Waals surface area contributed by atoms with E-state index in [0.29, 0.717) is 5.76 Å². The molecule has 0 radical (unpaired) electrons. The summed E-state index contributed by atoms with van der Waals surface area (Å²) in [4.78, 5) is 23.7. The highest BCUT2D eigenvalue weighted by molar-refractivity contribution is 5.94. The lowest BCUT2D eigenvalue weighted by atomic mass is 10.2. The third-order valence-corrected chi connectivity index (χ3v) is 3.21. The zero-order valence-electron chi connectivity index (χ0n) is 13.9. The predicted octanol–water partition coefficient (Wildman–Crippen LogP) is 2.63. The Labute approximate surface area is 139 Å². The van der Waals surface area contributed by atoms with Gasteiger partial charge in [-0.25, -0.2) is 0 Å². The van der Waals surface area contributed by atoms with E-state index in [1.165, 1.54) is 6.92 Å². The molecule has 24 heavy (non-hydrogen) atoms. The van der Waals surface area contributed by atoms with Crippen molar-refractivity contribution in [3.63, 3.8) is 0 Å². The summed E-state index contributed by atoms with van der Waals surface area (Å²) in [6.07, 6.45) is -0.886. The van der Waals surface area contributed by atoms with Crippen LogP contribution in [0.2, 0.25) is 0 Å². The van der Waals surface area contributed by atoms with Crippen molar-refractivity contribution in [2.45, 2.75) is 33.3 Å². The fourth-order valence-corrected chi connectivity index (χ4v) is 1.93. The van der Waals surface area contributed by atoms with E-state index in [9.17, 15) is 9.59 Å². The van der Waals surface area contributed by atoms with Gasteiger partial charge in [-0.1, -0.05) is 23.4 Å². The average molecular weight is 332 g/mol. The van der Waals surface area contributed by atoms with E-state index in [1.807, 2.05) is 31.2 Å². The number of aromatic nitrogens is 1. The number of anilines is 1. The second-order valence-electron chi connectivity index (χ2n) is 5.31. The summed E-state index contributed by atoms with van der Waals surface area (Å²) in [5.41, 5.74) is 0.988. The van der Waals surface area contributed by atoms with E-state index in [-0.39, 0.29) is 18.8 Å². The molecule has 1 aromatic carbocycles. The average Bonchev–Trinajstić information content (AvgIpc) is 2.94. The molecule has 1 N–H and O–H groups in total. The molecule has 0 bridgehead atoms. The van der Waals surface area contributed by atoms with E-state index < -0.39 is 18.0 Å². The van der Waals surface area contributed by atoms with Crippen LogP contribution in [0.25, 0.3) is 0 Å². The number of benzene rings is 1. The number of rotatable bonds is 7. The van der Waals surface area contributed by atoms with Gasteiger partial charge in [0.25, 0.3) is 5.91 Å². The molecule has 2 aromatic rings. The van der Waals surface area contributed by atoms with E-state index in [4.69, 9.17) is 14.0 Å². The molecule has 1 aromatic heterocycles. The third-order valence-electron chi connectivity index (χ3n) is 3.21. The fraction of sp³-hybridized carbons (Fsp3) is 0.353. The van der Waals surface area contributed by atoms with Crippen LogP contribution in [0.4, 0.5) is 5.82 Å². The Kier molecular flexibility index (Phi) is 5.95. The van der Waals surface area contributed by atoms with Crippen molar-refractivity contribution in [2.75, 3.05) is 11.9 Å². The monoisotopic (exact) mass is 332 g/mol. The van der Waals surface area contributed by atoms with Crippen LogP contribution < -0.4 is 10.1 Å². The van der Waals surface area contributed by atoms with Gasteiger partial charge in [0, 0.05) is 6.07 Å². The number of para-hydroxylation sites is 1. The summed E-state index contributed by atoms with van der Waals surface area (Å²) in [6, 6.07) is 9.09. The van der Waals surface area contributed by atoms with Gasteiger partial charge in [0.1, 0.15) is 11.5 Å². The first-order valence-corrected chi connectivity index (χ1v) is 7.58. The summed E-state index contributed by atoms with van der Waals surface area (Å²) in [6.45, 7) is 5.30. The van der Waals surface area contributed by atoms with Crippen LogP contribution in [0.5, 0.6) is 5.75 Å². The van der Waals surface area contributed by atoms with Gasteiger partial charge < -0.3 is 19.3 Å². The largest absolute Gasteiger partial charge is 0.493 e. The molecule has 0 saturated carbocycles. The highest BCUT2D eigenvalue weighted by atomic mass is 16.6. The van der Waals surface area contributed by atoms with E-state index in [0.717, 1.165) is 11.3 Å². The molecule has 1 unspecified atom stereocenters. The number of carbonyl (C=O) groups is 2. The molecular formula is C17H20N2O5. The maximum atomic E-state index is 11.9. The Balaban J connectivity index is 1.73. The topological polar surface area (TPSA) is 90.7 Å². The van der Waals surface area contributed by atoms with Gasteiger partial charge in [0.2, 0.25) is 0 Å². The van der Waals surface area contributed by atoms with E-state index in [2.05, 4.69) is 10.5 Å². The summed E-state index contributed by atoms with van der Waals surface area (Å²) < 4.78 is 15.4. The Hall–Kier alpha value is -2.83. The second kappa shape index (κ2) is 8.14. The van der Waals surface area contributed by atoms with Gasteiger partial charge in [0.05, 0.1) is 13.0 Å². The van der Waals surface area contributed by atoms with Crippen LogP contribution in [0.3, 0.4) is 0 Å². The first kappa shape index (κ1) is 17.5. The number of aryl methyl sites for hydroxylation is 2. The smallest absolute Gasteiger partial charge is 0.310 e. The van der Waals surface area contributed by atoms with Crippen LogP contribution in [0, 0.1) is 13.8 Å². The number of ether oxygens (including phenoxy) is 2. The van der Waals surface area contributed by atoms with E-state index in [1.54, 1.807) is 13.0 Å². The highest BCUT2D eigenvalue weighted by Crippen LogP contribution is 2.16. The lowest BCUT2D eigenvalue weighted by molar-refractivity contribution is -0.153. The van der Waals surface area contributed by atoms with E-state index >= 15 is 0 Å². The normalized spacial score (nSPS) is 11.6. The minimum absolute atomic E-state index is 0.0506. The molecule has 1 amide bonds. The Morgan fingerprint density at radius 2 is 2.04 bits per heavy atom. The Bertz CT molecular complexity index is 711. The number of esters is 1. The lowest BCUT2D eigenvalue weighted by Gasteiger charge is -2.13. The van der Waals surface area contributed by atoms with Gasteiger partial charge in [-0.05, 0) is 32.4 Å². The molecule has 0 saturated heterocycles. The van der Waals surface area contributed by atoms with Crippen LogP contribution in [0.15, 0.2) is 34.9 Å². The summed E-state index contributed by atoms with van der Waals surface area (Å²) >= 11 is 0. The molecule has 128 valence electrons. The molecule has 0 aliphatic rings. The molecule has 0 aliphatic heterocycles. The maximum Gasteiger partial charge on any atom is 0.310 e. The number of hydrogen-bond donors (Lipinski definition) is 1. The molecule has 7 heteroatoms. The first-order valence-electron chi connectivity index (χ1n) is 7.58. The Morgan fingerprint density at radius 3 is 2.71 bits per heavy atom. The van der Waals surface area contributed by atoms with Crippen molar-refractivity contribution in [1.82, 2.24) is 5.16 Å². The Morgan fingerprint density at radius 1 is 1.29 bits per heavy atom. The van der Waals surface area contributed by atoms with Crippen molar-refractivity contribution in [2.24, 2.45) is 0 Å². The van der Waals surface area contributed by atoms with Crippen LogP contribution in [-0.4, -0.2) is 29.7 Å². The number of nitrogens with zero attached hydrogens (tertiary/aromatic N) is 1. The first-order chi connectivity index (χ1) is 11.5. The molecule has 0 spiro atoms. The van der Waals surface area contributed by atoms with Gasteiger partial charge in [-0.2, -0.15) is 0 Å². The fourth-order valence-electron chi connectivity index (χ4n) is 1.93. The predicted molar refractivity (Wildman–Crippen MR) is 86.7 cm³/mol. The zero-order chi connectivity index (χ0) is 17.5. The van der Waals surface area contributed by atoms with Crippen molar-refractivity contribution in [3.05, 3.63) is 41.7 Å². The van der Waals surface area contributed by atoms with Crippen LogP contribution in [0.1, 0.15) is 24.7 Å². The van der Waals surface area contributed by atoms with Gasteiger partial charge in [-0.15, -0.1) is 0 Å². The van der Waals surface area contributed by atoms with Crippen molar-refractivity contribution in [1.29, 1.82) is 0 Å². The number of hydrogen-bond acceptors (Lipinski definition) is 6. The minimum Gasteiger partial charge on any atom is -0.493 e. The van der Waals surface area contributed by atoms with Crippen LogP contribution >= 0.6 is 0 Å². The molecule has 2 rings (SSSR count). The molecule has 1 atom stereocenters. The lowest BCUT2D eigenvalue weighted by Crippen LogP contribution is -2.30. The second-order valence-corrected chi connectivity index (χ2v) is 5.31. The minimum atomic E-state index is -0.937. The zero-order valence-corrected chi connectivity index (χ0v) is 13.9. The third kappa shape index (κ3) is 5.12. The van der Waals surface area contributed by atoms with Gasteiger partial charge >= 0.3 is 5.97 Å². The van der Waals surface area contributed by atoms with Gasteiger partial charge in [-0.3, -0.25) is 9.59 Å². The summed E-state index contributed by atoms with van der Waals surface area (Å²) in [5, 5.41) is 6.15. The SMILES string of the molecule is Cc1cc(NC(=O)C(C)OC(=O)CCOc2ccccc2C)no1. The van der Waals surface area contributed by atoms with Crippen LogP contribution in [-0.2, 0) is 14.3 Å². The standard InChI is InChI=1S/C17H20N2O5/c1-11-6-4-5-7-14(11)22-9-8-16(20)23-13(3)17(21)18-15-10-12(2)24-19-15/h4-7,10,13H,8-9H2,1-3H3,(H,18,19,21). The number of carbonyl (C=O) groups excluding carboxylic acids is 2. The summed E-state index contributed by atoms with van der Waals surface area (Å²) in [7, 11) is 0. The molecule has 1 heterocycles. The summed E-state index contributed by atoms with van der Waals surface area (Å²) in [5.74, 6) is 0.586. The quantitative estimate of drug-likeness (QED) is 0.784. The number of amides is 1. The van der Waals surface area contributed by atoms with Crippen molar-refractivity contribution < 1.29 is 23.6 Å². The number of nitrogens with one attached hydrogen (secondary N) is 1. The molecular weight excluding hydrogens is 312 g/mol. The molecule has 0 fully saturated rings. The van der Waals surface area contributed by atoms with Gasteiger partial charge in [0.15, 0.2) is 11.9 Å².